The molecular formula is C25H27N3O5. The van der Waals surface area contributed by atoms with Crippen molar-refractivity contribution in [3.05, 3.63) is 69.3 Å². The summed E-state index contributed by atoms with van der Waals surface area (Å²) >= 11 is 0. The van der Waals surface area contributed by atoms with E-state index in [1.165, 1.54) is 25.3 Å². The predicted molar refractivity (Wildman–Crippen MR) is 124 cm³/mol. The molecule has 8 nitrogen and oxygen atoms in total. The van der Waals surface area contributed by atoms with Crippen LogP contribution in [0.25, 0.3) is 6.08 Å². The minimum Gasteiger partial charge on any atom is -0.493 e. The van der Waals surface area contributed by atoms with Crippen molar-refractivity contribution < 1.29 is 19.2 Å². The summed E-state index contributed by atoms with van der Waals surface area (Å²) < 4.78 is 11.1. The molecule has 0 radical (unpaired) electrons. The molecule has 33 heavy (non-hydrogen) atoms. The summed E-state index contributed by atoms with van der Waals surface area (Å²) in [4.78, 5) is 23.9. The number of carbonyl (C=O) groups is 1. The van der Waals surface area contributed by atoms with Gasteiger partial charge < -0.3 is 14.8 Å². The third kappa shape index (κ3) is 6.10. The highest BCUT2D eigenvalue weighted by Gasteiger charge is 2.25. The van der Waals surface area contributed by atoms with E-state index in [4.69, 9.17) is 9.47 Å². The molecule has 0 aliphatic heterocycles. The first-order valence-corrected chi connectivity index (χ1v) is 10.9. The normalized spacial score (nSPS) is 18.2. The lowest BCUT2D eigenvalue weighted by molar-refractivity contribution is -0.385. The highest BCUT2D eigenvalue weighted by molar-refractivity contribution is 6.02. The van der Waals surface area contributed by atoms with E-state index in [0.29, 0.717) is 5.92 Å². The lowest BCUT2D eigenvalue weighted by Crippen LogP contribution is -2.41. The highest BCUT2D eigenvalue weighted by atomic mass is 16.6. The van der Waals surface area contributed by atoms with Gasteiger partial charge in [0, 0.05) is 6.04 Å². The Hall–Kier alpha value is -3.86. The minimum atomic E-state index is -0.573. The van der Waals surface area contributed by atoms with Crippen molar-refractivity contribution in [3.8, 4) is 17.6 Å². The van der Waals surface area contributed by atoms with Crippen molar-refractivity contribution in [1.82, 2.24) is 5.32 Å². The fourth-order valence-electron chi connectivity index (χ4n) is 3.93. The van der Waals surface area contributed by atoms with Crippen LogP contribution in [0.2, 0.25) is 0 Å². The van der Waals surface area contributed by atoms with Crippen LogP contribution in [0.15, 0.2) is 48.0 Å². The monoisotopic (exact) mass is 449 g/mol. The van der Waals surface area contributed by atoms with E-state index in [-0.39, 0.29) is 41.0 Å². The summed E-state index contributed by atoms with van der Waals surface area (Å²) in [5, 5.41) is 24.2. The molecule has 8 heteroatoms. The summed E-state index contributed by atoms with van der Waals surface area (Å²) in [7, 11) is 1.42. The van der Waals surface area contributed by atoms with Crippen LogP contribution < -0.4 is 14.8 Å². The molecule has 0 bridgehead atoms. The molecule has 3 rings (SSSR count). The summed E-state index contributed by atoms with van der Waals surface area (Å²) in [5.74, 6) is 0.248. The maximum absolute atomic E-state index is 12.7. The van der Waals surface area contributed by atoms with Crippen molar-refractivity contribution in [2.24, 2.45) is 5.92 Å². The Labute approximate surface area is 193 Å². The van der Waals surface area contributed by atoms with Crippen LogP contribution >= 0.6 is 0 Å². The number of nitro benzene ring substituents is 1. The first kappa shape index (κ1) is 23.8. The van der Waals surface area contributed by atoms with Gasteiger partial charge in [0.25, 0.3) is 11.6 Å². The van der Waals surface area contributed by atoms with Crippen molar-refractivity contribution in [2.45, 2.75) is 45.3 Å². The number of nitriles is 1. The molecule has 1 amide bonds. The number of nitro groups is 1. The minimum absolute atomic E-state index is 0.0127. The molecule has 2 atom stereocenters. The molecule has 0 unspecified atom stereocenters. The van der Waals surface area contributed by atoms with Crippen LogP contribution in [0.3, 0.4) is 0 Å². The fourth-order valence-corrected chi connectivity index (χ4v) is 3.93. The highest BCUT2D eigenvalue weighted by Crippen LogP contribution is 2.36. The van der Waals surface area contributed by atoms with Gasteiger partial charge in [-0.25, -0.2) is 0 Å². The number of hydrogen-bond donors (Lipinski definition) is 1. The lowest BCUT2D eigenvalue weighted by atomic mass is 9.86. The Bertz CT molecular complexity index is 1080. The molecule has 0 aromatic heterocycles. The van der Waals surface area contributed by atoms with E-state index >= 15 is 0 Å². The van der Waals surface area contributed by atoms with Gasteiger partial charge in [0.05, 0.1) is 23.7 Å². The molecule has 172 valence electrons. The van der Waals surface area contributed by atoms with Crippen LogP contribution in [0.4, 0.5) is 5.69 Å². The van der Waals surface area contributed by atoms with Gasteiger partial charge >= 0.3 is 0 Å². The second-order valence-corrected chi connectivity index (χ2v) is 8.10. The second-order valence-electron chi connectivity index (χ2n) is 8.10. The molecule has 2 aromatic carbocycles. The van der Waals surface area contributed by atoms with E-state index in [2.05, 4.69) is 12.2 Å². The van der Waals surface area contributed by atoms with Crippen molar-refractivity contribution in [3.63, 3.8) is 0 Å². The van der Waals surface area contributed by atoms with E-state index in [1.807, 2.05) is 36.4 Å². The maximum Gasteiger partial charge on any atom is 0.280 e. The largest absolute Gasteiger partial charge is 0.493 e. The molecule has 0 spiro atoms. The van der Waals surface area contributed by atoms with Crippen molar-refractivity contribution >= 4 is 17.7 Å². The van der Waals surface area contributed by atoms with Crippen LogP contribution in [-0.4, -0.2) is 24.0 Å². The average molecular weight is 450 g/mol. The van der Waals surface area contributed by atoms with Gasteiger partial charge in [0.2, 0.25) is 0 Å². The van der Waals surface area contributed by atoms with Gasteiger partial charge in [-0.15, -0.1) is 0 Å². The van der Waals surface area contributed by atoms with E-state index < -0.39 is 10.8 Å². The molecule has 1 N–H and O–H groups in total. The van der Waals surface area contributed by atoms with Crippen molar-refractivity contribution in [1.29, 1.82) is 5.26 Å². The number of carbonyl (C=O) groups excluding carboxylic acids is 1. The number of ether oxygens (including phenoxy) is 2. The Morgan fingerprint density at radius 2 is 1.97 bits per heavy atom. The smallest absolute Gasteiger partial charge is 0.280 e. The van der Waals surface area contributed by atoms with Gasteiger partial charge in [0.15, 0.2) is 11.5 Å². The number of amides is 1. The summed E-state index contributed by atoms with van der Waals surface area (Å²) in [6.07, 6.45) is 5.24. The number of methoxy groups -OCH3 is 1. The zero-order chi connectivity index (χ0) is 23.8. The SMILES string of the molecule is COc1cc(/C=C(\C#N)C(=O)N[C@@H]2CCCC[C@@H]2C)c([N+](=O)[O-])cc1OCc1ccccc1. The van der Waals surface area contributed by atoms with E-state index in [9.17, 15) is 20.2 Å². The maximum atomic E-state index is 12.7. The van der Waals surface area contributed by atoms with Gasteiger partial charge in [-0.1, -0.05) is 50.1 Å². The van der Waals surface area contributed by atoms with Crippen LogP contribution in [-0.2, 0) is 11.4 Å². The lowest BCUT2D eigenvalue weighted by Gasteiger charge is -2.29. The first-order valence-electron chi connectivity index (χ1n) is 10.9. The number of hydrogen-bond acceptors (Lipinski definition) is 6. The molecule has 1 saturated carbocycles. The average Bonchev–Trinajstić information content (AvgIpc) is 2.83. The Balaban J connectivity index is 1.88. The van der Waals surface area contributed by atoms with Crippen LogP contribution in [0.1, 0.15) is 43.7 Å². The van der Waals surface area contributed by atoms with Crippen LogP contribution in [0.5, 0.6) is 11.5 Å². The summed E-state index contributed by atoms with van der Waals surface area (Å²) in [6, 6.07) is 13.9. The molecule has 1 aliphatic rings. The third-order valence-corrected chi connectivity index (χ3v) is 5.84. The molecule has 0 saturated heterocycles. The fraction of sp³-hybridized carbons (Fsp3) is 0.360. The molecule has 1 fully saturated rings. The molecular weight excluding hydrogens is 422 g/mol. The Kier molecular flexibility index (Phi) is 8.03. The standard InChI is InChI=1S/C25H27N3O5/c1-17-8-6-7-11-21(17)27-25(29)20(15-26)12-19-13-23(32-2)24(14-22(19)28(30)31)33-16-18-9-4-3-5-10-18/h3-5,9-10,12-14,17,21H,6-8,11,16H2,1-2H3,(H,27,29)/b20-12+/t17-,21+/m0/s1. The Morgan fingerprint density at radius 3 is 2.61 bits per heavy atom. The number of nitrogens with one attached hydrogen (secondary N) is 1. The zero-order valence-corrected chi connectivity index (χ0v) is 18.7. The molecule has 2 aromatic rings. The number of nitrogens with zero attached hydrogens (tertiary/aromatic N) is 2. The van der Waals surface area contributed by atoms with Gasteiger partial charge in [0.1, 0.15) is 18.2 Å². The van der Waals surface area contributed by atoms with Gasteiger partial charge in [-0.05, 0) is 36.5 Å². The topological polar surface area (TPSA) is 114 Å². The number of benzene rings is 2. The zero-order valence-electron chi connectivity index (χ0n) is 18.7. The predicted octanol–water partition coefficient (Wildman–Crippen LogP) is 4.78. The Morgan fingerprint density at radius 1 is 1.24 bits per heavy atom. The van der Waals surface area contributed by atoms with E-state index in [0.717, 1.165) is 31.2 Å². The summed E-state index contributed by atoms with van der Waals surface area (Å²) in [6.45, 7) is 2.28. The second kappa shape index (κ2) is 11.1. The summed E-state index contributed by atoms with van der Waals surface area (Å²) in [5.41, 5.74) is 0.500. The molecule has 1 aliphatic carbocycles. The van der Waals surface area contributed by atoms with Crippen LogP contribution in [0, 0.1) is 27.4 Å². The van der Waals surface area contributed by atoms with Crippen molar-refractivity contribution in [2.75, 3.05) is 7.11 Å². The first-order chi connectivity index (χ1) is 15.9. The van der Waals surface area contributed by atoms with Gasteiger partial charge in [-0.2, -0.15) is 5.26 Å². The molecule has 0 heterocycles. The third-order valence-electron chi connectivity index (χ3n) is 5.84. The van der Waals surface area contributed by atoms with Gasteiger partial charge in [-0.3, -0.25) is 14.9 Å². The van der Waals surface area contributed by atoms with E-state index in [1.54, 1.807) is 0 Å². The quantitative estimate of drug-likeness (QED) is 0.268. The number of rotatable bonds is 8.